The van der Waals surface area contributed by atoms with E-state index in [0.29, 0.717) is 30.3 Å². The van der Waals surface area contributed by atoms with E-state index in [9.17, 15) is 22.4 Å². The second kappa shape index (κ2) is 9.28. The maximum Gasteiger partial charge on any atom is 0.419 e. The van der Waals surface area contributed by atoms with Crippen LogP contribution in [0.25, 0.3) is 11.3 Å². The fraction of sp³-hybridized carbons (Fsp3) is 0.346. The van der Waals surface area contributed by atoms with Crippen molar-refractivity contribution >= 4 is 17.4 Å². The number of fused-ring (bicyclic) bond motifs is 1. The molecule has 182 valence electrons. The first-order chi connectivity index (χ1) is 16.8. The van der Waals surface area contributed by atoms with Gasteiger partial charge in [-0.15, -0.1) is 0 Å². The molecule has 3 aromatic rings. The summed E-state index contributed by atoms with van der Waals surface area (Å²) < 4.78 is 54.3. The Hall–Kier alpha value is -3.49. The van der Waals surface area contributed by atoms with Crippen molar-refractivity contribution in [3.63, 3.8) is 0 Å². The predicted octanol–water partition coefficient (Wildman–Crippen LogP) is 5.96. The minimum Gasteiger partial charge on any atom is -0.357 e. The number of carbonyl (C=O) groups excluding carboxylic acids is 1. The average molecular weight is 484 g/mol. The lowest BCUT2D eigenvalue weighted by Gasteiger charge is -2.25. The molecule has 35 heavy (non-hydrogen) atoms. The van der Waals surface area contributed by atoms with Gasteiger partial charge in [-0.2, -0.15) is 13.2 Å². The van der Waals surface area contributed by atoms with Gasteiger partial charge >= 0.3 is 6.18 Å². The molecule has 1 N–H and O–H groups in total. The third-order valence-electron chi connectivity index (χ3n) is 6.62. The van der Waals surface area contributed by atoms with Crippen LogP contribution in [0.4, 0.5) is 29.1 Å². The van der Waals surface area contributed by atoms with E-state index in [1.807, 2.05) is 6.07 Å². The molecule has 2 aliphatic rings. The second-order valence-corrected chi connectivity index (χ2v) is 8.94. The third-order valence-corrected chi connectivity index (χ3v) is 6.62. The Kier molecular flexibility index (Phi) is 6.17. The average Bonchev–Trinajstić information content (AvgIpc) is 3.38. The van der Waals surface area contributed by atoms with Crippen molar-refractivity contribution in [3.8, 4) is 11.3 Å². The van der Waals surface area contributed by atoms with Crippen molar-refractivity contribution < 1.29 is 22.4 Å². The van der Waals surface area contributed by atoms with Crippen LogP contribution in [-0.2, 0) is 17.4 Å². The van der Waals surface area contributed by atoms with E-state index in [2.05, 4.69) is 20.2 Å². The molecule has 1 atom stereocenters. The van der Waals surface area contributed by atoms with Crippen molar-refractivity contribution in [1.82, 2.24) is 9.97 Å². The normalized spacial score (nSPS) is 17.8. The van der Waals surface area contributed by atoms with E-state index in [0.717, 1.165) is 49.8 Å². The molecule has 0 bridgehead atoms. The summed E-state index contributed by atoms with van der Waals surface area (Å²) in [7, 11) is 0. The summed E-state index contributed by atoms with van der Waals surface area (Å²) in [6, 6.07) is 9.95. The number of hydrogen-bond donors (Lipinski definition) is 1. The molecular weight excluding hydrogens is 460 g/mol. The summed E-state index contributed by atoms with van der Waals surface area (Å²) in [5.41, 5.74) is 0.454. The van der Waals surface area contributed by atoms with Gasteiger partial charge in [0.15, 0.2) is 0 Å². The van der Waals surface area contributed by atoms with Crippen LogP contribution in [0.2, 0.25) is 0 Å². The molecule has 5 nitrogen and oxygen atoms in total. The number of halogens is 4. The molecule has 1 aliphatic carbocycles. The van der Waals surface area contributed by atoms with Gasteiger partial charge in [-0.1, -0.05) is 12.1 Å². The zero-order chi connectivity index (χ0) is 24.6. The molecule has 2 aromatic heterocycles. The number of aromatic nitrogens is 2. The zero-order valence-electron chi connectivity index (χ0n) is 18.9. The minimum atomic E-state index is -4.81. The third kappa shape index (κ3) is 4.72. The summed E-state index contributed by atoms with van der Waals surface area (Å²) >= 11 is 0. The molecule has 1 amide bonds. The van der Waals surface area contributed by atoms with E-state index >= 15 is 0 Å². The van der Waals surface area contributed by atoms with E-state index in [1.165, 1.54) is 12.1 Å². The Morgan fingerprint density at radius 3 is 2.63 bits per heavy atom. The van der Waals surface area contributed by atoms with Gasteiger partial charge in [-0.3, -0.25) is 9.78 Å². The Bertz CT molecular complexity index is 1250. The van der Waals surface area contributed by atoms with Crippen LogP contribution in [0.3, 0.4) is 0 Å². The van der Waals surface area contributed by atoms with Gasteiger partial charge in [0.25, 0.3) is 0 Å². The quantitative estimate of drug-likeness (QED) is 0.465. The Labute approximate surface area is 200 Å². The van der Waals surface area contributed by atoms with Crippen molar-refractivity contribution in [1.29, 1.82) is 0 Å². The molecule has 3 heterocycles. The molecule has 0 spiro atoms. The monoisotopic (exact) mass is 484 g/mol. The van der Waals surface area contributed by atoms with E-state index in [1.54, 1.807) is 18.3 Å². The van der Waals surface area contributed by atoms with Crippen molar-refractivity contribution in [3.05, 3.63) is 71.3 Å². The van der Waals surface area contributed by atoms with Gasteiger partial charge in [0.1, 0.15) is 11.6 Å². The van der Waals surface area contributed by atoms with Crippen molar-refractivity contribution in [2.24, 2.45) is 0 Å². The maximum atomic E-state index is 14.7. The molecule has 1 unspecified atom stereocenters. The van der Waals surface area contributed by atoms with Gasteiger partial charge in [-0.25, -0.2) is 9.37 Å². The predicted molar refractivity (Wildman–Crippen MR) is 125 cm³/mol. The lowest BCUT2D eigenvalue weighted by molar-refractivity contribution is -0.139. The number of carbonyl (C=O) groups is 1. The number of pyridine rings is 2. The number of rotatable bonds is 4. The van der Waals surface area contributed by atoms with Crippen LogP contribution >= 0.6 is 0 Å². The first kappa shape index (κ1) is 23.3. The Balaban J connectivity index is 1.43. The van der Waals surface area contributed by atoms with Crippen LogP contribution in [0.1, 0.15) is 48.4 Å². The zero-order valence-corrected chi connectivity index (χ0v) is 18.9. The van der Waals surface area contributed by atoms with Gasteiger partial charge in [-0.05, 0) is 61.9 Å². The number of benzene rings is 1. The number of amides is 1. The SMILES string of the molecule is O=C(Nc1ccnc(N2CCCC2)c1)C1CCCc2ccc(-c3cccc(C(F)(F)F)c3F)nc21. The molecule has 1 saturated heterocycles. The number of hydrogen-bond acceptors (Lipinski definition) is 4. The fourth-order valence-electron chi connectivity index (χ4n) is 4.85. The number of anilines is 2. The molecular formula is C26H24F4N4O. The molecule has 0 saturated carbocycles. The second-order valence-electron chi connectivity index (χ2n) is 8.94. The van der Waals surface area contributed by atoms with E-state index < -0.39 is 23.5 Å². The highest BCUT2D eigenvalue weighted by atomic mass is 19.4. The van der Waals surface area contributed by atoms with Gasteiger partial charge in [0.2, 0.25) is 5.91 Å². The number of nitrogens with zero attached hydrogens (tertiary/aromatic N) is 3. The smallest absolute Gasteiger partial charge is 0.357 e. The largest absolute Gasteiger partial charge is 0.419 e. The molecule has 0 radical (unpaired) electrons. The number of alkyl halides is 3. The summed E-state index contributed by atoms with van der Waals surface area (Å²) in [5, 5.41) is 2.95. The molecule has 1 fully saturated rings. The fourth-order valence-corrected chi connectivity index (χ4v) is 4.85. The molecule has 1 aliphatic heterocycles. The number of aryl methyl sites for hydroxylation is 1. The van der Waals surface area contributed by atoms with E-state index in [4.69, 9.17) is 0 Å². The Morgan fingerprint density at radius 2 is 1.86 bits per heavy atom. The molecule has 5 rings (SSSR count). The van der Waals surface area contributed by atoms with Crippen molar-refractivity contribution in [2.45, 2.75) is 44.2 Å². The topological polar surface area (TPSA) is 58.1 Å². The van der Waals surface area contributed by atoms with Gasteiger partial charge in [0.05, 0.1) is 22.9 Å². The van der Waals surface area contributed by atoms with Gasteiger partial charge in [0, 0.05) is 36.6 Å². The highest BCUT2D eigenvalue weighted by molar-refractivity contribution is 5.96. The molecule has 1 aromatic carbocycles. The standard InChI is InChI=1S/C26H24F4N4O/c27-23-18(6-4-8-20(23)26(28,29)30)21-10-9-16-5-3-7-19(24(16)33-21)25(35)32-17-11-12-31-22(15-17)34-13-1-2-14-34/h4,6,8-12,15,19H,1-3,5,7,13-14H2,(H,31,32,35). The van der Waals surface area contributed by atoms with Crippen LogP contribution in [-0.4, -0.2) is 29.0 Å². The van der Waals surface area contributed by atoms with Crippen LogP contribution in [0.15, 0.2) is 48.7 Å². The highest BCUT2D eigenvalue weighted by Crippen LogP contribution is 2.37. The maximum absolute atomic E-state index is 14.7. The lowest BCUT2D eigenvalue weighted by atomic mass is 9.85. The van der Waals surface area contributed by atoms with Crippen LogP contribution < -0.4 is 10.2 Å². The highest BCUT2D eigenvalue weighted by Gasteiger charge is 2.35. The van der Waals surface area contributed by atoms with Crippen LogP contribution in [0, 0.1) is 5.82 Å². The summed E-state index contributed by atoms with van der Waals surface area (Å²) in [6.07, 6.45) is 1.09. The summed E-state index contributed by atoms with van der Waals surface area (Å²) in [6.45, 7) is 1.86. The Morgan fingerprint density at radius 1 is 1.06 bits per heavy atom. The first-order valence-corrected chi connectivity index (χ1v) is 11.7. The van der Waals surface area contributed by atoms with Gasteiger partial charge < -0.3 is 10.2 Å². The summed E-state index contributed by atoms with van der Waals surface area (Å²) in [5.74, 6) is -1.39. The lowest BCUT2D eigenvalue weighted by Crippen LogP contribution is -2.26. The van der Waals surface area contributed by atoms with Crippen molar-refractivity contribution in [2.75, 3.05) is 23.3 Å². The minimum absolute atomic E-state index is 0.0762. The summed E-state index contributed by atoms with van der Waals surface area (Å²) in [4.78, 5) is 24.3. The van der Waals surface area contributed by atoms with Crippen LogP contribution in [0.5, 0.6) is 0 Å². The molecule has 9 heteroatoms. The number of nitrogens with one attached hydrogen (secondary N) is 1. The first-order valence-electron chi connectivity index (χ1n) is 11.7. The van der Waals surface area contributed by atoms with E-state index in [-0.39, 0.29) is 17.2 Å².